The molecule has 6 nitrogen and oxygen atoms in total. The third-order valence-corrected chi connectivity index (χ3v) is 5.83. The number of anilines is 1. The largest absolute Gasteiger partial charge is 0.382 e. The average molecular weight is 426 g/mol. The van der Waals surface area contributed by atoms with Gasteiger partial charge in [-0.05, 0) is 55.8 Å². The van der Waals surface area contributed by atoms with E-state index in [0.717, 1.165) is 18.4 Å². The standard InChI is InChI=1S/C22H21ClFN5O/c23-12-4-6-16-15(9-12)20(26-11-14-3-1-2-8-25-14)19(22(30)29-16)21-27-17-7-5-13(24)10-18(17)28-21/h4-7,9-10,14,25H,1-3,8,11H2,(H,27,28)(H2,26,29,30). The molecule has 1 unspecified atom stereocenters. The number of nitrogens with zero attached hydrogens (tertiary/aromatic N) is 1. The molecule has 30 heavy (non-hydrogen) atoms. The SMILES string of the molecule is O=c1[nH]c2ccc(Cl)cc2c(NCC2CCCCN2)c1-c1nc2ccc(F)cc2[nH]1. The molecule has 1 aliphatic rings. The van der Waals surface area contributed by atoms with E-state index in [2.05, 4.69) is 25.6 Å². The predicted octanol–water partition coefficient (Wildman–Crippen LogP) is 4.42. The van der Waals surface area contributed by atoms with Gasteiger partial charge in [-0.25, -0.2) is 9.37 Å². The van der Waals surface area contributed by atoms with Crippen LogP contribution in [-0.4, -0.2) is 34.1 Å². The molecule has 1 fully saturated rings. The highest BCUT2D eigenvalue weighted by atomic mass is 35.5. The number of halogens is 2. The van der Waals surface area contributed by atoms with Crippen LogP contribution in [0.1, 0.15) is 19.3 Å². The Hall–Kier alpha value is -2.90. The Labute approximate surface area is 176 Å². The van der Waals surface area contributed by atoms with E-state index in [1.165, 1.54) is 25.0 Å². The summed E-state index contributed by atoms with van der Waals surface area (Å²) in [4.78, 5) is 23.6. The van der Waals surface area contributed by atoms with Crippen LogP contribution in [-0.2, 0) is 0 Å². The summed E-state index contributed by atoms with van der Waals surface area (Å²) in [7, 11) is 0. The highest BCUT2D eigenvalue weighted by Gasteiger charge is 2.20. The van der Waals surface area contributed by atoms with Crippen molar-refractivity contribution < 1.29 is 4.39 Å². The summed E-state index contributed by atoms with van der Waals surface area (Å²) in [6.07, 6.45) is 3.44. The molecule has 1 atom stereocenters. The summed E-state index contributed by atoms with van der Waals surface area (Å²) in [6.45, 7) is 1.67. The van der Waals surface area contributed by atoms with Crippen LogP contribution in [0.5, 0.6) is 0 Å². The first-order valence-corrected chi connectivity index (χ1v) is 10.4. The first kappa shape index (κ1) is 19.1. The molecule has 154 valence electrons. The molecule has 8 heteroatoms. The average Bonchev–Trinajstić information content (AvgIpc) is 3.15. The molecule has 0 aliphatic carbocycles. The zero-order valence-corrected chi connectivity index (χ0v) is 16.9. The Kier molecular flexibility index (Phi) is 4.92. The Morgan fingerprint density at radius 2 is 2.03 bits per heavy atom. The molecule has 0 radical (unpaired) electrons. The number of hydrogen-bond donors (Lipinski definition) is 4. The van der Waals surface area contributed by atoms with Crippen molar-refractivity contribution >= 4 is 39.2 Å². The van der Waals surface area contributed by atoms with Gasteiger partial charge in [0.25, 0.3) is 5.56 Å². The quantitative estimate of drug-likeness (QED) is 0.390. The third kappa shape index (κ3) is 3.55. The molecule has 4 aromatic rings. The zero-order valence-electron chi connectivity index (χ0n) is 16.2. The molecule has 0 bridgehead atoms. The molecule has 2 aromatic carbocycles. The molecular weight excluding hydrogens is 405 g/mol. The molecule has 1 saturated heterocycles. The minimum Gasteiger partial charge on any atom is -0.382 e. The third-order valence-electron chi connectivity index (χ3n) is 5.59. The van der Waals surface area contributed by atoms with Gasteiger partial charge in [0.1, 0.15) is 17.2 Å². The number of fused-ring (bicyclic) bond motifs is 2. The summed E-state index contributed by atoms with van der Waals surface area (Å²) < 4.78 is 13.6. The smallest absolute Gasteiger partial charge is 0.261 e. The van der Waals surface area contributed by atoms with Crippen molar-refractivity contribution in [2.75, 3.05) is 18.4 Å². The molecule has 4 N–H and O–H groups in total. The van der Waals surface area contributed by atoms with E-state index in [9.17, 15) is 9.18 Å². The number of hydrogen-bond acceptors (Lipinski definition) is 4. The fourth-order valence-electron chi connectivity index (χ4n) is 4.10. The van der Waals surface area contributed by atoms with Crippen LogP contribution in [0.25, 0.3) is 33.3 Å². The van der Waals surface area contributed by atoms with Crippen LogP contribution in [0, 0.1) is 5.82 Å². The minimum absolute atomic E-state index is 0.275. The summed E-state index contributed by atoms with van der Waals surface area (Å²) in [5.41, 5.74) is 2.60. The van der Waals surface area contributed by atoms with Crippen LogP contribution in [0.2, 0.25) is 5.02 Å². The molecule has 3 heterocycles. The van der Waals surface area contributed by atoms with Gasteiger partial charge in [-0.3, -0.25) is 4.79 Å². The van der Waals surface area contributed by atoms with E-state index < -0.39 is 0 Å². The van der Waals surface area contributed by atoms with Crippen molar-refractivity contribution in [1.82, 2.24) is 20.3 Å². The molecule has 0 spiro atoms. The monoisotopic (exact) mass is 425 g/mol. The summed E-state index contributed by atoms with van der Waals surface area (Å²) >= 11 is 6.26. The van der Waals surface area contributed by atoms with Gasteiger partial charge in [0.05, 0.1) is 22.2 Å². The van der Waals surface area contributed by atoms with Crippen LogP contribution in [0.4, 0.5) is 10.1 Å². The predicted molar refractivity (Wildman–Crippen MR) is 119 cm³/mol. The van der Waals surface area contributed by atoms with Crippen LogP contribution < -0.4 is 16.2 Å². The zero-order chi connectivity index (χ0) is 20.7. The van der Waals surface area contributed by atoms with E-state index in [1.807, 2.05) is 6.07 Å². The number of pyridine rings is 1. The number of imidazole rings is 1. The van der Waals surface area contributed by atoms with Gasteiger partial charge < -0.3 is 20.6 Å². The van der Waals surface area contributed by atoms with Crippen LogP contribution >= 0.6 is 11.6 Å². The normalized spacial score (nSPS) is 16.9. The molecular formula is C22H21ClFN5O. The van der Waals surface area contributed by atoms with Gasteiger partial charge in [0.2, 0.25) is 0 Å². The number of aromatic nitrogens is 3. The molecule has 0 amide bonds. The van der Waals surface area contributed by atoms with E-state index in [4.69, 9.17) is 11.6 Å². The Balaban J connectivity index is 1.66. The first-order chi connectivity index (χ1) is 14.6. The summed E-state index contributed by atoms with van der Waals surface area (Å²) in [5.74, 6) is 0.0245. The maximum Gasteiger partial charge on any atom is 0.261 e. The van der Waals surface area contributed by atoms with E-state index in [0.29, 0.717) is 51.2 Å². The van der Waals surface area contributed by atoms with Crippen molar-refractivity contribution in [2.24, 2.45) is 0 Å². The van der Waals surface area contributed by atoms with Crippen LogP contribution in [0.3, 0.4) is 0 Å². The first-order valence-electron chi connectivity index (χ1n) is 10.1. The van der Waals surface area contributed by atoms with Gasteiger partial charge in [0, 0.05) is 23.0 Å². The fourth-order valence-corrected chi connectivity index (χ4v) is 4.27. The lowest BCUT2D eigenvalue weighted by atomic mass is 10.0. The lowest BCUT2D eigenvalue weighted by Crippen LogP contribution is -2.39. The van der Waals surface area contributed by atoms with Gasteiger partial charge in [-0.2, -0.15) is 0 Å². The summed E-state index contributed by atoms with van der Waals surface area (Å²) in [6, 6.07) is 10.0. The number of aromatic amines is 2. The molecule has 2 aromatic heterocycles. The Bertz CT molecular complexity index is 1290. The van der Waals surface area contributed by atoms with Crippen LogP contribution in [0.15, 0.2) is 41.2 Å². The Morgan fingerprint density at radius 3 is 2.87 bits per heavy atom. The number of H-pyrrole nitrogens is 2. The highest BCUT2D eigenvalue weighted by molar-refractivity contribution is 6.31. The van der Waals surface area contributed by atoms with Crippen molar-refractivity contribution in [3.05, 3.63) is 57.6 Å². The lowest BCUT2D eigenvalue weighted by Gasteiger charge is -2.25. The second-order valence-corrected chi connectivity index (χ2v) is 8.11. The summed E-state index contributed by atoms with van der Waals surface area (Å²) in [5, 5.41) is 8.36. The Morgan fingerprint density at radius 1 is 1.13 bits per heavy atom. The van der Waals surface area contributed by atoms with Crippen molar-refractivity contribution in [3.63, 3.8) is 0 Å². The molecule has 5 rings (SSSR count). The number of rotatable bonds is 4. The van der Waals surface area contributed by atoms with Gasteiger partial charge in [-0.15, -0.1) is 0 Å². The number of benzene rings is 2. The lowest BCUT2D eigenvalue weighted by molar-refractivity contribution is 0.414. The topological polar surface area (TPSA) is 85.6 Å². The second kappa shape index (κ2) is 7.74. The van der Waals surface area contributed by atoms with Gasteiger partial charge in [-0.1, -0.05) is 18.0 Å². The van der Waals surface area contributed by atoms with Crippen molar-refractivity contribution in [2.45, 2.75) is 25.3 Å². The second-order valence-electron chi connectivity index (χ2n) is 7.67. The molecule has 1 aliphatic heterocycles. The van der Waals surface area contributed by atoms with Crippen molar-refractivity contribution in [1.29, 1.82) is 0 Å². The van der Waals surface area contributed by atoms with Gasteiger partial charge >= 0.3 is 0 Å². The fraction of sp³-hybridized carbons (Fsp3) is 0.273. The number of piperidine rings is 1. The maximum absolute atomic E-state index is 13.6. The van der Waals surface area contributed by atoms with E-state index >= 15 is 0 Å². The highest BCUT2D eigenvalue weighted by Crippen LogP contribution is 2.32. The van der Waals surface area contributed by atoms with E-state index in [1.54, 1.807) is 18.2 Å². The molecule has 0 saturated carbocycles. The van der Waals surface area contributed by atoms with Gasteiger partial charge in [0.15, 0.2) is 0 Å². The minimum atomic E-state index is -0.362. The van der Waals surface area contributed by atoms with Crippen molar-refractivity contribution in [3.8, 4) is 11.4 Å². The van der Waals surface area contributed by atoms with E-state index in [-0.39, 0.29) is 11.4 Å². The number of nitrogens with one attached hydrogen (secondary N) is 4. The maximum atomic E-state index is 13.6.